The number of anilines is 2. The summed E-state index contributed by atoms with van der Waals surface area (Å²) in [5.41, 5.74) is 4.40. The van der Waals surface area contributed by atoms with Gasteiger partial charge in [0.15, 0.2) is 0 Å². The highest BCUT2D eigenvalue weighted by Crippen LogP contribution is 2.16. The molecule has 0 aromatic heterocycles. The summed E-state index contributed by atoms with van der Waals surface area (Å²) in [6, 6.07) is 16.3. The van der Waals surface area contributed by atoms with Crippen molar-refractivity contribution in [2.45, 2.75) is 26.8 Å². The van der Waals surface area contributed by atoms with E-state index in [4.69, 9.17) is 0 Å². The van der Waals surface area contributed by atoms with Crippen LogP contribution >= 0.6 is 0 Å². The van der Waals surface area contributed by atoms with E-state index in [0.29, 0.717) is 0 Å². The molecule has 3 nitrogen and oxygen atoms in total. The second-order valence-electron chi connectivity index (χ2n) is 4.79. The number of hydrogen-bond donors (Lipinski definition) is 2. The number of rotatable bonds is 5. The lowest BCUT2D eigenvalue weighted by atomic mass is 10.1. The van der Waals surface area contributed by atoms with Gasteiger partial charge in [-0.05, 0) is 35.7 Å². The number of carbonyl (C=O) groups excluding carboxylic acids is 1. The molecule has 2 N–H and O–H groups in total. The standard InChI is InChI=1S/C17H20N2O/c1-3-14-7-9-15(10-8-14)12-18-16-5-4-6-17(11-16)19-13(2)20/h4-11,18H,3,12H2,1-2H3,(H,19,20). The zero-order valence-electron chi connectivity index (χ0n) is 11.9. The van der Waals surface area contributed by atoms with E-state index < -0.39 is 0 Å². The van der Waals surface area contributed by atoms with Crippen molar-refractivity contribution in [3.63, 3.8) is 0 Å². The van der Waals surface area contributed by atoms with Crippen molar-refractivity contribution in [1.29, 1.82) is 0 Å². The molecule has 0 atom stereocenters. The zero-order valence-corrected chi connectivity index (χ0v) is 11.9. The molecular weight excluding hydrogens is 248 g/mol. The Hall–Kier alpha value is -2.29. The fourth-order valence-corrected chi connectivity index (χ4v) is 2.01. The van der Waals surface area contributed by atoms with Crippen LogP contribution < -0.4 is 10.6 Å². The van der Waals surface area contributed by atoms with Crippen molar-refractivity contribution >= 4 is 17.3 Å². The molecule has 0 aliphatic rings. The van der Waals surface area contributed by atoms with Crippen molar-refractivity contribution in [2.75, 3.05) is 10.6 Å². The molecule has 20 heavy (non-hydrogen) atoms. The molecule has 2 aromatic carbocycles. The molecule has 1 amide bonds. The maximum atomic E-state index is 11.0. The number of benzene rings is 2. The highest BCUT2D eigenvalue weighted by atomic mass is 16.1. The third kappa shape index (κ3) is 4.12. The van der Waals surface area contributed by atoms with Crippen LogP contribution in [0.1, 0.15) is 25.0 Å². The van der Waals surface area contributed by atoms with E-state index in [9.17, 15) is 4.79 Å². The molecule has 3 heteroatoms. The molecule has 104 valence electrons. The Morgan fingerprint density at radius 3 is 2.30 bits per heavy atom. The monoisotopic (exact) mass is 268 g/mol. The van der Waals surface area contributed by atoms with E-state index in [-0.39, 0.29) is 5.91 Å². The second kappa shape index (κ2) is 6.75. The van der Waals surface area contributed by atoms with Gasteiger partial charge in [-0.2, -0.15) is 0 Å². The normalized spacial score (nSPS) is 10.1. The number of carbonyl (C=O) groups is 1. The van der Waals surface area contributed by atoms with E-state index in [1.54, 1.807) is 0 Å². The Bertz CT molecular complexity index is 576. The van der Waals surface area contributed by atoms with Crippen LogP contribution in [0, 0.1) is 0 Å². The van der Waals surface area contributed by atoms with Crippen molar-refractivity contribution in [3.05, 3.63) is 59.7 Å². The summed E-state index contributed by atoms with van der Waals surface area (Å²) in [5.74, 6) is -0.0581. The van der Waals surface area contributed by atoms with Crippen molar-refractivity contribution in [2.24, 2.45) is 0 Å². The van der Waals surface area contributed by atoms with Crippen LogP contribution in [0.25, 0.3) is 0 Å². The van der Waals surface area contributed by atoms with Crippen molar-refractivity contribution in [1.82, 2.24) is 0 Å². The van der Waals surface area contributed by atoms with Crippen LogP contribution in [-0.2, 0) is 17.8 Å². The molecule has 0 fully saturated rings. The Morgan fingerprint density at radius 2 is 1.65 bits per heavy atom. The van der Waals surface area contributed by atoms with Crippen LogP contribution in [0.2, 0.25) is 0 Å². The molecule has 0 saturated heterocycles. The van der Waals surface area contributed by atoms with E-state index in [1.165, 1.54) is 18.1 Å². The van der Waals surface area contributed by atoms with Crippen LogP contribution in [-0.4, -0.2) is 5.91 Å². The quantitative estimate of drug-likeness (QED) is 0.865. The van der Waals surface area contributed by atoms with Gasteiger partial charge in [0, 0.05) is 24.8 Å². The molecule has 0 aliphatic carbocycles. The molecule has 0 unspecified atom stereocenters. The maximum absolute atomic E-state index is 11.0. The first kappa shape index (κ1) is 14.1. The molecule has 0 aliphatic heterocycles. The minimum absolute atomic E-state index is 0.0581. The smallest absolute Gasteiger partial charge is 0.221 e. The number of nitrogens with one attached hydrogen (secondary N) is 2. The van der Waals surface area contributed by atoms with Gasteiger partial charge in [-0.3, -0.25) is 4.79 Å². The summed E-state index contributed by atoms with van der Waals surface area (Å²) in [7, 11) is 0. The molecule has 2 rings (SSSR count). The topological polar surface area (TPSA) is 41.1 Å². The summed E-state index contributed by atoms with van der Waals surface area (Å²) in [6.07, 6.45) is 1.06. The number of aryl methyl sites for hydroxylation is 1. The van der Waals surface area contributed by atoms with Gasteiger partial charge in [0.05, 0.1) is 0 Å². The predicted molar refractivity (Wildman–Crippen MR) is 83.9 cm³/mol. The first-order valence-corrected chi connectivity index (χ1v) is 6.86. The Balaban J connectivity index is 1.97. The van der Waals surface area contributed by atoms with Gasteiger partial charge in [-0.15, -0.1) is 0 Å². The Labute approximate surface area is 120 Å². The molecule has 2 aromatic rings. The van der Waals surface area contributed by atoms with Crippen molar-refractivity contribution in [3.8, 4) is 0 Å². The Morgan fingerprint density at radius 1 is 1.00 bits per heavy atom. The lowest BCUT2D eigenvalue weighted by Gasteiger charge is -2.09. The molecule has 0 heterocycles. The Kier molecular flexibility index (Phi) is 4.77. The van der Waals surface area contributed by atoms with Crippen LogP contribution in [0.15, 0.2) is 48.5 Å². The van der Waals surface area contributed by atoms with Gasteiger partial charge in [0.25, 0.3) is 0 Å². The minimum atomic E-state index is -0.0581. The van der Waals surface area contributed by atoms with Gasteiger partial charge in [0.2, 0.25) is 5.91 Å². The lowest BCUT2D eigenvalue weighted by molar-refractivity contribution is -0.114. The van der Waals surface area contributed by atoms with E-state index >= 15 is 0 Å². The molecule has 0 spiro atoms. The first-order valence-electron chi connectivity index (χ1n) is 6.86. The SMILES string of the molecule is CCc1ccc(CNc2cccc(NC(C)=O)c2)cc1. The average Bonchev–Trinajstić information content (AvgIpc) is 2.45. The lowest BCUT2D eigenvalue weighted by Crippen LogP contribution is -2.06. The van der Waals surface area contributed by atoms with Gasteiger partial charge in [-0.1, -0.05) is 37.3 Å². The van der Waals surface area contributed by atoms with Gasteiger partial charge in [-0.25, -0.2) is 0 Å². The molecule has 0 saturated carbocycles. The highest BCUT2D eigenvalue weighted by Gasteiger charge is 1.98. The average molecular weight is 268 g/mol. The summed E-state index contributed by atoms with van der Waals surface area (Å²) >= 11 is 0. The van der Waals surface area contributed by atoms with E-state index in [2.05, 4.69) is 41.8 Å². The van der Waals surface area contributed by atoms with E-state index in [1.807, 2.05) is 24.3 Å². The van der Waals surface area contributed by atoms with Gasteiger partial charge >= 0.3 is 0 Å². The fraction of sp³-hybridized carbons (Fsp3) is 0.235. The molecule has 0 radical (unpaired) electrons. The largest absolute Gasteiger partial charge is 0.381 e. The van der Waals surface area contributed by atoms with Crippen LogP contribution in [0.4, 0.5) is 11.4 Å². The number of amides is 1. The van der Waals surface area contributed by atoms with Crippen molar-refractivity contribution < 1.29 is 4.79 Å². The summed E-state index contributed by atoms with van der Waals surface area (Å²) in [5, 5.41) is 6.14. The molecule has 0 bridgehead atoms. The summed E-state index contributed by atoms with van der Waals surface area (Å²) < 4.78 is 0. The van der Waals surface area contributed by atoms with Gasteiger partial charge in [0.1, 0.15) is 0 Å². The van der Waals surface area contributed by atoms with Crippen LogP contribution in [0.3, 0.4) is 0 Å². The van der Waals surface area contributed by atoms with Crippen LogP contribution in [0.5, 0.6) is 0 Å². The first-order chi connectivity index (χ1) is 9.67. The summed E-state index contributed by atoms with van der Waals surface area (Å²) in [6.45, 7) is 4.43. The second-order valence-corrected chi connectivity index (χ2v) is 4.79. The predicted octanol–water partition coefficient (Wildman–Crippen LogP) is 3.82. The number of hydrogen-bond acceptors (Lipinski definition) is 2. The highest BCUT2D eigenvalue weighted by molar-refractivity contribution is 5.89. The molecular formula is C17H20N2O. The summed E-state index contributed by atoms with van der Waals surface area (Å²) in [4.78, 5) is 11.0. The zero-order chi connectivity index (χ0) is 14.4. The maximum Gasteiger partial charge on any atom is 0.221 e. The van der Waals surface area contributed by atoms with Gasteiger partial charge < -0.3 is 10.6 Å². The van der Waals surface area contributed by atoms with E-state index in [0.717, 1.165) is 24.3 Å². The third-order valence-electron chi connectivity index (χ3n) is 3.11. The third-order valence-corrected chi connectivity index (χ3v) is 3.11. The fourth-order valence-electron chi connectivity index (χ4n) is 2.01. The minimum Gasteiger partial charge on any atom is -0.381 e.